The molecule has 2 nitrogen and oxygen atoms in total. The Balaban J connectivity index is 2.72. The van der Waals surface area contributed by atoms with E-state index in [9.17, 15) is 0 Å². The molecule has 0 saturated heterocycles. The summed E-state index contributed by atoms with van der Waals surface area (Å²) >= 11 is 3.49. The van der Waals surface area contributed by atoms with Gasteiger partial charge in [0.25, 0.3) is 0 Å². The number of hydrogen-bond donors (Lipinski definition) is 1. The van der Waals surface area contributed by atoms with Crippen molar-refractivity contribution in [3.8, 4) is 5.75 Å². The second kappa shape index (κ2) is 7.51. The van der Waals surface area contributed by atoms with Crippen molar-refractivity contribution in [1.29, 1.82) is 0 Å². The third kappa shape index (κ3) is 4.92. The summed E-state index contributed by atoms with van der Waals surface area (Å²) in [5.41, 5.74) is 2.59. The summed E-state index contributed by atoms with van der Waals surface area (Å²) in [5, 5.41) is 3.14. The maximum Gasteiger partial charge on any atom is 0.122 e. The fourth-order valence-electron chi connectivity index (χ4n) is 1.72. The smallest absolute Gasteiger partial charge is 0.122 e. The first-order valence-electron chi connectivity index (χ1n) is 5.80. The zero-order chi connectivity index (χ0) is 12.7. The van der Waals surface area contributed by atoms with E-state index in [4.69, 9.17) is 4.74 Å². The zero-order valence-electron chi connectivity index (χ0n) is 10.7. The summed E-state index contributed by atoms with van der Waals surface area (Å²) in [7, 11) is 3.69. The van der Waals surface area contributed by atoms with Crippen LogP contribution in [0.25, 0.3) is 0 Å². The molecule has 3 heteroatoms. The fourth-order valence-corrected chi connectivity index (χ4v) is 2.13. The highest BCUT2D eigenvalue weighted by atomic mass is 79.9. The number of ether oxygens (including phenoxy) is 1. The second-order valence-corrected chi connectivity index (χ2v) is 4.99. The molecule has 1 aromatic carbocycles. The van der Waals surface area contributed by atoms with Crippen molar-refractivity contribution in [2.24, 2.45) is 0 Å². The molecule has 94 valence electrons. The van der Waals surface area contributed by atoms with Crippen molar-refractivity contribution >= 4 is 15.9 Å². The van der Waals surface area contributed by atoms with Crippen LogP contribution >= 0.6 is 15.9 Å². The number of rotatable bonds is 6. The Kier molecular flexibility index (Phi) is 6.30. The second-order valence-electron chi connectivity index (χ2n) is 4.08. The molecule has 0 amide bonds. The summed E-state index contributed by atoms with van der Waals surface area (Å²) in [6.45, 7) is 3.18. The van der Waals surface area contributed by atoms with Gasteiger partial charge in [0.1, 0.15) is 5.75 Å². The number of benzene rings is 1. The van der Waals surface area contributed by atoms with Crippen LogP contribution in [-0.2, 0) is 6.42 Å². The SMILES string of the molecule is CNCCC=C(C)Cc1cc(Br)ccc1OC. The van der Waals surface area contributed by atoms with Crippen molar-refractivity contribution in [3.63, 3.8) is 0 Å². The number of methoxy groups -OCH3 is 1. The van der Waals surface area contributed by atoms with Crippen molar-refractivity contribution in [2.75, 3.05) is 20.7 Å². The van der Waals surface area contributed by atoms with Gasteiger partial charge in [-0.2, -0.15) is 0 Å². The number of hydrogen-bond acceptors (Lipinski definition) is 2. The molecule has 1 rings (SSSR count). The average molecular weight is 298 g/mol. The molecular weight excluding hydrogens is 278 g/mol. The Bertz CT molecular complexity index is 388. The lowest BCUT2D eigenvalue weighted by Crippen LogP contribution is -2.06. The molecule has 0 fully saturated rings. The van der Waals surface area contributed by atoms with Crippen LogP contribution in [0.4, 0.5) is 0 Å². The Morgan fingerprint density at radius 3 is 2.88 bits per heavy atom. The number of nitrogens with one attached hydrogen (secondary N) is 1. The lowest BCUT2D eigenvalue weighted by Gasteiger charge is -2.09. The predicted octanol–water partition coefficient (Wildman–Crippen LogP) is 3.56. The van der Waals surface area contributed by atoms with Gasteiger partial charge in [0.2, 0.25) is 0 Å². The van der Waals surface area contributed by atoms with E-state index < -0.39 is 0 Å². The molecule has 0 saturated carbocycles. The van der Waals surface area contributed by atoms with Gasteiger partial charge in [-0.3, -0.25) is 0 Å². The first kappa shape index (κ1) is 14.3. The number of halogens is 1. The molecule has 0 radical (unpaired) electrons. The molecule has 0 aliphatic heterocycles. The Morgan fingerprint density at radius 2 is 2.24 bits per heavy atom. The van der Waals surface area contributed by atoms with Gasteiger partial charge >= 0.3 is 0 Å². The van der Waals surface area contributed by atoms with Gasteiger partial charge in [0.15, 0.2) is 0 Å². The van der Waals surface area contributed by atoms with Crippen LogP contribution in [0.15, 0.2) is 34.3 Å². The molecular formula is C14H20BrNO. The minimum absolute atomic E-state index is 0.937. The van der Waals surface area contributed by atoms with Gasteiger partial charge in [-0.15, -0.1) is 0 Å². The average Bonchev–Trinajstić information content (AvgIpc) is 2.29. The maximum atomic E-state index is 5.37. The highest BCUT2D eigenvalue weighted by molar-refractivity contribution is 9.10. The van der Waals surface area contributed by atoms with Crippen molar-refractivity contribution in [1.82, 2.24) is 5.32 Å². The summed E-state index contributed by atoms with van der Waals surface area (Å²) in [6.07, 6.45) is 4.28. The summed E-state index contributed by atoms with van der Waals surface area (Å²) < 4.78 is 6.46. The van der Waals surface area contributed by atoms with Crippen molar-refractivity contribution < 1.29 is 4.74 Å². The molecule has 1 N–H and O–H groups in total. The van der Waals surface area contributed by atoms with Crippen molar-refractivity contribution in [2.45, 2.75) is 19.8 Å². The lowest BCUT2D eigenvalue weighted by molar-refractivity contribution is 0.410. The normalized spacial score (nSPS) is 11.6. The Morgan fingerprint density at radius 1 is 1.47 bits per heavy atom. The van der Waals surface area contributed by atoms with Gasteiger partial charge < -0.3 is 10.1 Å². The molecule has 0 bridgehead atoms. The van der Waals surface area contributed by atoms with Crippen LogP contribution in [0.1, 0.15) is 18.9 Å². The van der Waals surface area contributed by atoms with E-state index >= 15 is 0 Å². The van der Waals surface area contributed by atoms with Crippen LogP contribution in [0, 0.1) is 0 Å². The van der Waals surface area contributed by atoms with E-state index in [0.717, 1.165) is 29.6 Å². The van der Waals surface area contributed by atoms with Crippen LogP contribution in [0.2, 0.25) is 0 Å². The largest absolute Gasteiger partial charge is 0.496 e. The minimum atomic E-state index is 0.937. The maximum absolute atomic E-state index is 5.37. The van der Waals surface area contributed by atoms with Gasteiger partial charge in [-0.05, 0) is 57.1 Å². The monoisotopic (exact) mass is 297 g/mol. The number of allylic oxidation sites excluding steroid dienone is 1. The van der Waals surface area contributed by atoms with Crippen LogP contribution < -0.4 is 10.1 Å². The highest BCUT2D eigenvalue weighted by Gasteiger charge is 2.04. The van der Waals surface area contributed by atoms with E-state index in [2.05, 4.69) is 40.3 Å². The van der Waals surface area contributed by atoms with Gasteiger partial charge in [0.05, 0.1) is 7.11 Å². The molecule has 0 aliphatic rings. The van der Waals surface area contributed by atoms with E-state index in [1.807, 2.05) is 19.2 Å². The summed E-state index contributed by atoms with van der Waals surface area (Å²) in [5.74, 6) is 0.953. The molecule has 0 atom stereocenters. The Labute approximate surface area is 112 Å². The molecule has 17 heavy (non-hydrogen) atoms. The first-order valence-corrected chi connectivity index (χ1v) is 6.59. The molecule has 1 aromatic rings. The lowest BCUT2D eigenvalue weighted by atomic mass is 10.0. The van der Waals surface area contributed by atoms with Gasteiger partial charge in [0, 0.05) is 4.47 Å². The standard InChI is InChI=1S/C14H20BrNO/c1-11(5-4-8-16-2)9-12-10-13(15)6-7-14(12)17-3/h5-7,10,16H,4,8-9H2,1-3H3. The van der Waals surface area contributed by atoms with E-state index in [0.29, 0.717) is 0 Å². The third-order valence-electron chi connectivity index (χ3n) is 2.60. The van der Waals surface area contributed by atoms with Crippen LogP contribution in [0.5, 0.6) is 5.75 Å². The molecule has 0 spiro atoms. The molecule has 0 heterocycles. The summed E-state index contributed by atoms with van der Waals surface area (Å²) in [6, 6.07) is 6.12. The molecule has 0 unspecified atom stereocenters. The predicted molar refractivity (Wildman–Crippen MR) is 76.7 cm³/mol. The van der Waals surface area contributed by atoms with Gasteiger partial charge in [-0.25, -0.2) is 0 Å². The minimum Gasteiger partial charge on any atom is -0.496 e. The fraction of sp³-hybridized carbons (Fsp3) is 0.429. The molecule has 0 aliphatic carbocycles. The highest BCUT2D eigenvalue weighted by Crippen LogP contribution is 2.25. The van der Waals surface area contributed by atoms with Crippen molar-refractivity contribution in [3.05, 3.63) is 39.9 Å². The third-order valence-corrected chi connectivity index (χ3v) is 3.09. The van der Waals surface area contributed by atoms with E-state index in [1.54, 1.807) is 7.11 Å². The van der Waals surface area contributed by atoms with E-state index in [1.165, 1.54) is 11.1 Å². The quantitative estimate of drug-likeness (QED) is 0.640. The Hall–Kier alpha value is -0.800. The molecule has 0 aromatic heterocycles. The van der Waals surface area contributed by atoms with Gasteiger partial charge in [-0.1, -0.05) is 27.6 Å². The summed E-state index contributed by atoms with van der Waals surface area (Å²) in [4.78, 5) is 0. The first-order chi connectivity index (χ1) is 8.17. The van der Waals surface area contributed by atoms with Crippen LogP contribution in [-0.4, -0.2) is 20.7 Å². The van der Waals surface area contributed by atoms with Crippen LogP contribution in [0.3, 0.4) is 0 Å². The topological polar surface area (TPSA) is 21.3 Å². The van der Waals surface area contributed by atoms with E-state index in [-0.39, 0.29) is 0 Å². The zero-order valence-corrected chi connectivity index (χ0v) is 12.3.